The first-order chi connectivity index (χ1) is 8.34. The molecule has 87 valence electrons. The maximum atomic E-state index is 6.07. The molecule has 0 aliphatic rings. The van der Waals surface area contributed by atoms with Gasteiger partial charge in [-0.1, -0.05) is 36.4 Å². The summed E-state index contributed by atoms with van der Waals surface area (Å²) in [5.41, 5.74) is 8.55. The van der Waals surface area contributed by atoms with E-state index in [9.17, 15) is 0 Å². The van der Waals surface area contributed by atoms with E-state index in [4.69, 9.17) is 5.73 Å². The molecule has 1 aromatic heterocycles. The highest BCUT2D eigenvalue weighted by Crippen LogP contribution is 2.06. The lowest BCUT2D eigenvalue weighted by Gasteiger charge is -2.10. The number of rotatable bonds is 5. The van der Waals surface area contributed by atoms with Crippen molar-refractivity contribution in [2.24, 2.45) is 5.73 Å². The first kappa shape index (κ1) is 11.8. The van der Waals surface area contributed by atoms with Crippen LogP contribution in [0.15, 0.2) is 54.9 Å². The maximum absolute atomic E-state index is 6.07. The van der Waals surface area contributed by atoms with E-state index in [0.29, 0.717) is 0 Å². The smallest absolute Gasteiger partial charge is 0.0300 e. The van der Waals surface area contributed by atoms with Crippen molar-refractivity contribution in [2.45, 2.75) is 18.9 Å². The van der Waals surface area contributed by atoms with Crippen molar-refractivity contribution in [3.8, 4) is 0 Å². The van der Waals surface area contributed by atoms with E-state index < -0.39 is 0 Å². The molecule has 0 aliphatic carbocycles. The van der Waals surface area contributed by atoms with Crippen LogP contribution < -0.4 is 5.73 Å². The molecule has 0 saturated carbocycles. The van der Waals surface area contributed by atoms with Crippen LogP contribution in [0.5, 0.6) is 0 Å². The molecule has 1 unspecified atom stereocenters. The summed E-state index contributed by atoms with van der Waals surface area (Å²) in [5.74, 6) is 0. The molecule has 2 aromatic rings. The Morgan fingerprint density at radius 1 is 1.06 bits per heavy atom. The fourth-order valence-corrected chi connectivity index (χ4v) is 1.78. The van der Waals surface area contributed by atoms with E-state index >= 15 is 0 Å². The van der Waals surface area contributed by atoms with Gasteiger partial charge in [0.2, 0.25) is 0 Å². The first-order valence-corrected chi connectivity index (χ1v) is 5.86. The summed E-state index contributed by atoms with van der Waals surface area (Å²) in [5, 5.41) is 0. The van der Waals surface area contributed by atoms with Crippen molar-refractivity contribution in [3.05, 3.63) is 72.4 Å². The van der Waals surface area contributed by atoms with Crippen LogP contribution in [0.2, 0.25) is 0 Å². The third-order valence-corrected chi connectivity index (χ3v) is 2.69. The third kappa shape index (κ3) is 4.00. The summed E-state index contributed by atoms with van der Waals surface area (Å²) in [7, 11) is 0. The Morgan fingerprint density at radius 2 is 1.82 bits per heavy atom. The van der Waals surface area contributed by atoms with Crippen LogP contribution in [0, 0.1) is 6.42 Å². The fraction of sp³-hybridized carbons (Fsp3) is 0.200. The summed E-state index contributed by atoms with van der Waals surface area (Å²) in [6.07, 6.45) is 7.57. The van der Waals surface area contributed by atoms with Crippen LogP contribution in [0.4, 0.5) is 0 Å². The molecule has 0 saturated heterocycles. The molecule has 0 spiro atoms. The maximum Gasteiger partial charge on any atom is 0.0300 e. The van der Waals surface area contributed by atoms with Crippen molar-refractivity contribution >= 4 is 0 Å². The van der Waals surface area contributed by atoms with Gasteiger partial charge in [0.1, 0.15) is 0 Å². The molecule has 0 fully saturated rings. The van der Waals surface area contributed by atoms with Crippen LogP contribution in [-0.4, -0.2) is 11.0 Å². The number of hydrogen-bond donors (Lipinski definition) is 1. The lowest BCUT2D eigenvalue weighted by atomic mass is 10.0. The van der Waals surface area contributed by atoms with Gasteiger partial charge in [-0.05, 0) is 36.5 Å². The molecule has 2 heteroatoms. The molecule has 0 amide bonds. The normalized spacial score (nSPS) is 12.3. The van der Waals surface area contributed by atoms with Crippen LogP contribution in [0.1, 0.15) is 11.1 Å². The highest BCUT2D eigenvalue weighted by Gasteiger charge is 2.04. The Balaban J connectivity index is 1.80. The van der Waals surface area contributed by atoms with Crippen LogP contribution in [0.3, 0.4) is 0 Å². The van der Waals surface area contributed by atoms with Gasteiger partial charge in [0, 0.05) is 18.4 Å². The molecule has 2 N–H and O–H groups in total. The molecular weight excluding hydrogens is 208 g/mol. The SMILES string of the molecule is NC([CH]Cc1ccccc1)Cc1cccnc1. The second-order valence-electron chi connectivity index (χ2n) is 4.15. The summed E-state index contributed by atoms with van der Waals surface area (Å²) < 4.78 is 0. The molecular formula is C15H17N2. The van der Waals surface area contributed by atoms with E-state index in [1.165, 1.54) is 11.1 Å². The largest absolute Gasteiger partial charge is 0.327 e. The minimum absolute atomic E-state index is 0.0828. The Bertz CT molecular complexity index is 425. The zero-order valence-corrected chi connectivity index (χ0v) is 9.79. The lowest BCUT2D eigenvalue weighted by molar-refractivity contribution is 0.732. The summed E-state index contributed by atoms with van der Waals surface area (Å²) in [6, 6.07) is 14.5. The zero-order chi connectivity index (χ0) is 11.9. The number of aromatic nitrogens is 1. The molecule has 1 heterocycles. The van der Waals surface area contributed by atoms with E-state index in [2.05, 4.69) is 41.7 Å². The standard InChI is InChI=1S/C15H17N2/c16-15(11-14-7-4-10-17-12-14)9-8-13-5-2-1-3-6-13/h1-7,9-10,12,15H,8,11,16H2. The van der Waals surface area contributed by atoms with Crippen molar-refractivity contribution in [3.63, 3.8) is 0 Å². The second kappa shape index (κ2) is 6.16. The topological polar surface area (TPSA) is 38.9 Å². The Labute approximate surface area is 103 Å². The van der Waals surface area contributed by atoms with Gasteiger partial charge in [0.25, 0.3) is 0 Å². The average Bonchev–Trinajstić information content (AvgIpc) is 2.39. The predicted molar refractivity (Wildman–Crippen MR) is 70.4 cm³/mol. The van der Waals surface area contributed by atoms with Gasteiger partial charge in [-0.15, -0.1) is 0 Å². The van der Waals surface area contributed by atoms with Gasteiger partial charge in [-0.25, -0.2) is 0 Å². The van der Waals surface area contributed by atoms with Crippen molar-refractivity contribution in [1.82, 2.24) is 4.98 Å². The zero-order valence-electron chi connectivity index (χ0n) is 9.79. The van der Waals surface area contributed by atoms with Crippen molar-refractivity contribution in [1.29, 1.82) is 0 Å². The van der Waals surface area contributed by atoms with Gasteiger partial charge in [0.05, 0.1) is 0 Å². The van der Waals surface area contributed by atoms with Crippen LogP contribution >= 0.6 is 0 Å². The molecule has 1 atom stereocenters. The highest BCUT2D eigenvalue weighted by molar-refractivity contribution is 5.18. The molecule has 17 heavy (non-hydrogen) atoms. The number of pyridine rings is 1. The summed E-state index contributed by atoms with van der Waals surface area (Å²) in [4.78, 5) is 4.09. The van der Waals surface area contributed by atoms with E-state index in [-0.39, 0.29) is 6.04 Å². The predicted octanol–water partition coefficient (Wildman–Crippen LogP) is 2.40. The van der Waals surface area contributed by atoms with Gasteiger partial charge in [-0.2, -0.15) is 0 Å². The van der Waals surface area contributed by atoms with Crippen molar-refractivity contribution < 1.29 is 0 Å². The minimum Gasteiger partial charge on any atom is -0.327 e. The average molecular weight is 225 g/mol. The second-order valence-corrected chi connectivity index (χ2v) is 4.15. The Hall–Kier alpha value is -1.67. The van der Waals surface area contributed by atoms with Crippen LogP contribution in [0.25, 0.3) is 0 Å². The first-order valence-electron chi connectivity index (χ1n) is 5.86. The summed E-state index contributed by atoms with van der Waals surface area (Å²) >= 11 is 0. The molecule has 2 rings (SSSR count). The quantitative estimate of drug-likeness (QED) is 0.848. The minimum atomic E-state index is 0.0828. The monoisotopic (exact) mass is 225 g/mol. The van der Waals surface area contributed by atoms with Gasteiger partial charge >= 0.3 is 0 Å². The highest BCUT2D eigenvalue weighted by atomic mass is 14.6. The lowest BCUT2D eigenvalue weighted by Crippen LogP contribution is -2.24. The van der Waals surface area contributed by atoms with E-state index in [1.54, 1.807) is 6.20 Å². The molecule has 1 aromatic carbocycles. The van der Waals surface area contributed by atoms with Gasteiger partial charge < -0.3 is 5.73 Å². The number of benzene rings is 1. The Kier molecular flexibility index (Phi) is 4.28. The number of hydrogen-bond acceptors (Lipinski definition) is 2. The van der Waals surface area contributed by atoms with E-state index in [0.717, 1.165) is 12.8 Å². The van der Waals surface area contributed by atoms with Crippen molar-refractivity contribution in [2.75, 3.05) is 0 Å². The van der Waals surface area contributed by atoms with Gasteiger partial charge in [-0.3, -0.25) is 4.98 Å². The Morgan fingerprint density at radius 3 is 2.53 bits per heavy atom. The summed E-state index contributed by atoms with van der Waals surface area (Å²) in [6.45, 7) is 0. The molecule has 2 nitrogen and oxygen atoms in total. The fourth-order valence-electron chi connectivity index (χ4n) is 1.78. The molecule has 0 bridgehead atoms. The van der Waals surface area contributed by atoms with Crippen LogP contribution in [-0.2, 0) is 12.8 Å². The van der Waals surface area contributed by atoms with Gasteiger partial charge in [0.15, 0.2) is 0 Å². The number of nitrogens with zero attached hydrogens (tertiary/aromatic N) is 1. The number of nitrogens with two attached hydrogens (primary N) is 1. The molecule has 0 aliphatic heterocycles. The third-order valence-electron chi connectivity index (χ3n) is 2.69. The molecule has 1 radical (unpaired) electrons. The van der Waals surface area contributed by atoms with E-state index in [1.807, 2.05) is 18.3 Å².